The summed E-state index contributed by atoms with van der Waals surface area (Å²) in [6.07, 6.45) is 7.90. The Morgan fingerprint density at radius 3 is 2.64 bits per heavy atom. The quantitative estimate of drug-likeness (QED) is 0.843. The lowest BCUT2D eigenvalue weighted by atomic mass is 9.86. The molecule has 0 aromatic carbocycles. The first-order valence-corrected chi connectivity index (χ1v) is 8.29. The van der Waals surface area contributed by atoms with Crippen LogP contribution in [0.25, 0.3) is 5.95 Å². The number of rotatable bonds is 4. The standard InChI is InChI=1S/C17H21N5O3/c1-11-9-14(21-17(19-11)22-8-7-18-10-22)15(23)20-13-5-3-12(4-6-13)16(24)25-2/h7-10,12-13H,3-6H2,1-2H3,(H,20,23). The van der Waals surface area contributed by atoms with Crippen molar-refractivity contribution in [3.8, 4) is 5.95 Å². The zero-order valence-electron chi connectivity index (χ0n) is 14.3. The van der Waals surface area contributed by atoms with Crippen LogP contribution in [0.3, 0.4) is 0 Å². The third-order valence-corrected chi connectivity index (χ3v) is 4.41. The molecule has 0 aliphatic heterocycles. The number of hydrogen-bond acceptors (Lipinski definition) is 6. The second-order valence-corrected chi connectivity index (χ2v) is 6.21. The van der Waals surface area contributed by atoms with Crippen molar-refractivity contribution >= 4 is 11.9 Å². The van der Waals surface area contributed by atoms with Crippen LogP contribution < -0.4 is 5.32 Å². The summed E-state index contributed by atoms with van der Waals surface area (Å²) < 4.78 is 6.44. The number of nitrogens with one attached hydrogen (secondary N) is 1. The third kappa shape index (κ3) is 4.01. The molecule has 1 aliphatic rings. The minimum absolute atomic E-state index is 0.0420. The maximum atomic E-state index is 12.5. The van der Waals surface area contributed by atoms with E-state index >= 15 is 0 Å². The van der Waals surface area contributed by atoms with Crippen molar-refractivity contribution in [2.75, 3.05) is 7.11 Å². The van der Waals surface area contributed by atoms with E-state index in [0.717, 1.165) is 25.7 Å². The molecule has 1 amide bonds. The van der Waals surface area contributed by atoms with Crippen LogP contribution in [0.5, 0.6) is 0 Å². The van der Waals surface area contributed by atoms with Crippen LogP contribution in [0.1, 0.15) is 41.9 Å². The molecule has 2 aromatic heterocycles. The van der Waals surface area contributed by atoms with Gasteiger partial charge in [0.25, 0.3) is 5.91 Å². The van der Waals surface area contributed by atoms with E-state index in [0.29, 0.717) is 17.3 Å². The van der Waals surface area contributed by atoms with E-state index in [2.05, 4.69) is 20.3 Å². The summed E-state index contributed by atoms with van der Waals surface area (Å²) in [6, 6.07) is 1.70. The molecule has 0 saturated heterocycles. The molecule has 1 fully saturated rings. The Balaban J connectivity index is 1.65. The zero-order chi connectivity index (χ0) is 17.8. The van der Waals surface area contributed by atoms with Crippen molar-refractivity contribution in [3.63, 3.8) is 0 Å². The van der Waals surface area contributed by atoms with Gasteiger partial charge in [-0.1, -0.05) is 0 Å². The minimum Gasteiger partial charge on any atom is -0.469 e. The van der Waals surface area contributed by atoms with Gasteiger partial charge in [-0.25, -0.2) is 15.0 Å². The lowest BCUT2D eigenvalue weighted by molar-refractivity contribution is -0.146. The van der Waals surface area contributed by atoms with E-state index in [4.69, 9.17) is 4.74 Å². The van der Waals surface area contributed by atoms with Crippen LogP contribution in [-0.4, -0.2) is 44.5 Å². The van der Waals surface area contributed by atoms with Gasteiger partial charge >= 0.3 is 5.97 Å². The number of nitrogens with zero attached hydrogens (tertiary/aromatic N) is 4. The predicted octanol–water partition coefficient (Wildman–Crippen LogP) is 1.43. The monoisotopic (exact) mass is 343 g/mol. The Morgan fingerprint density at radius 1 is 1.24 bits per heavy atom. The van der Waals surface area contributed by atoms with Gasteiger partial charge in [-0.2, -0.15) is 0 Å². The van der Waals surface area contributed by atoms with Crippen molar-refractivity contribution < 1.29 is 14.3 Å². The van der Waals surface area contributed by atoms with E-state index < -0.39 is 0 Å². The highest BCUT2D eigenvalue weighted by Crippen LogP contribution is 2.25. The highest BCUT2D eigenvalue weighted by Gasteiger charge is 2.28. The largest absolute Gasteiger partial charge is 0.469 e. The van der Waals surface area contributed by atoms with Crippen molar-refractivity contribution in [3.05, 3.63) is 36.2 Å². The first-order chi connectivity index (χ1) is 12.1. The topological polar surface area (TPSA) is 99.0 Å². The first-order valence-electron chi connectivity index (χ1n) is 8.29. The number of aryl methyl sites for hydroxylation is 1. The van der Waals surface area contributed by atoms with Crippen molar-refractivity contribution in [2.24, 2.45) is 5.92 Å². The van der Waals surface area contributed by atoms with Crippen LogP contribution in [0.15, 0.2) is 24.8 Å². The fourth-order valence-corrected chi connectivity index (χ4v) is 3.06. The average molecular weight is 343 g/mol. The molecule has 1 N–H and O–H groups in total. The summed E-state index contributed by atoms with van der Waals surface area (Å²) in [4.78, 5) is 36.7. The zero-order valence-corrected chi connectivity index (χ0v) is 14.3. The predicted molar refractivity (Wildman–Crippen MR) is 89.1 cm³/mol. The summed E-state index contributed by atoms with van der Waals surface area (Å²) in [6.45, 7) is 1.82. The summed E-state index contributed by atoms with van der Waals surface area (Å²) in [5.74, 6) is -0.0427. The Morgan fingerprint density at radius 2 is 2.00 bits per heavy atom. The highest BCUT2D eigenvalue weighted by atomic mass is 16.5. The number of ether oxygens (including phenoxy) is 1. The number of carbonyl (C=O) groups is 2. The maximum absolute atomic E-state index is 12.5. The highest BCUT2D eigenvalue weighted by molar-refractivity contribution is 5.92. The smallest absolute Gasteiger partial charge is 0.308 e. The van der Waals surface area contributed by atoms with Gasteiger partial charge in [-0.05, 0) is 38.7 Å². The van der Waals surface area contributed by atoms with E-state index in [1.807, 2.05) is 6.92 Å². The molecule has 3 rings (SSSR count). The van der Waals surface area contributed by atoms with E-state index in [1.54, 1.807) is 29.4 Å². The Kier molecular flexibility index (Phi) is 5.06. The molecule has 0 bridgehead atoms. The number of carbonyl (C=O) groups excluding carboxylic acids is 2. The fraction of sp³-hybridized carbons (Fsp3) is 0.471. The van der Waals surface area contributed by atoms with Crippen molar-refractivity contribution in [2.45, 2.75) is 38.6 Å². The first kappa shape index (κ1) is 17.1. The molecule has 25 heavy (non-hydrogen) atoms. The van der Waals surface area contributed by atoms with Gasteiger partial charge in [0, 0.05) is 24.1 Å². The van der Waals surface area contributed by atoms with Gasteiger partial charge in [-0.15, -0.1) is 0 Å². The van der Waals surface area contributed by atoms with Gasteiger partial charge in [0.05, 0.1) is 13.0 Å². The summed E-state index contributed by atoms with van der Waals surface area (Å²) >= 11 is 0. The molecule has 132 valence electrons. The number of hydrogen-bond donors (Lipinski definition) is 1. The number of aromatic nitrogens is 4. The molecule has 8 heteroatoms. The number of amides is 1. The maximum Gasteiger partial charge on any atom is 0.308 e. The average Bonchev–Trinajstić information content (AvgIpc) is 3.16. The van der Waals surface area contributed by atoms with E-state index in [9.17, 15) is 9.59 Å². The molecule has 2 heterocycles. The van der Waals surface area contributed by atoms with Gasteiger partial charge in [-0.3, -0.25) is 14.2 Å². The van der Waals surface area contributed by atoms with Crippen molar-refractivity contribution in [1.82, 2.24) is 24.8 Å². The third-order valence-electron chi connectivity index (χ3n) is 4.41. The van der Waals surface area contributed by atoms with Gasteiger partial charge in [0.1, 0.15) is 12.0 Å². The van der Waals surface area contributed by atoms with E-state index in [-0.39, 0.29) is 23.8 Å². The SMILES string of the molecule is COC(=O)C1CCC(NC(=O)c2cc(C)nc(-n3ccnc3)n2)CC1. The molecular weight excluding hydrogens is 322 g/mol. The Labute approximate surface area is 145 Å². The van der Waals surface area contributed by atoms with Crippen LogP contribution in [0.2, 0.25) is 0 Å². The molecular formula is C17H21N5O3. The second kappa shape index (κ2) is 7.42. The summed E-state index contributed by atoms with van der Waals surface area (Å²) in [7, 11) is 1.41. The van der Waals surface area contributed by atoms with Gasteiger partial charge in [0.15, 0.2) is 0 Å². The van der Waals surface area contributed by atoms with Crippen molar-refractivity contribution in [1.29, 1.82) is 0 Å². The molecule has 2 aromatic rings. The van der Waals surface area contributed by atoms with E-state index in [1.165, 1.54) is 7.11 Å². The molecule has 0 radical (unpaired) electrons. The number of imidazole rings is 1. The summed E-state index contributed by atoms with van der Waals surface area (Å²) in [5.41, 5.74) is 1.03. The lowest BCUT2D eigenvalue weighted by Gasteiger charge is -2.27. The number of esters is 1. The van der Waals surface area contributed by atoms with Gasteiger partial charge < -0.3 is 10.1 Å². The molecule has 0 atom stereocenters. The van der Waals surface area contributed by atoms with Gasteiger partial charge in [0.2, 0.25) is 5.95 Å². The molecule has 0 unspecified atom stereocenters. The second-order valence-electron chi connectivity index (χ2n) is 6.21. The molecule has 1 saturated carbocycles. The normalized spacial score (nSPS) is 20.1. The van der Waals surface area contributed by atoms with Crippen LogP contribution >= 0.6 is 0 Å². The summed E-state index contributed by atoms with van der Waals surface area (Å²) in [5, 5.41) is 3.01. The molecule has 1 aliphatic carbocycles. The number of methoxy groups -OCH3 is 1. The minimum atomic E-state index is -0.228. The van der Waals surface area contributed by atoms with Crippen LogP contribution in [0.4, 0.5) is 0 Å². The van der Waals surface area contributed by atoms with Crippen LogP contribution in [0, 0.1) is 12.8 Å². The fourth-order valence-electron chi connectivity index (χ4n) is 3.06. The Hall–Kier alpha value is -2.77. The molecule has 8 nitrogen and oxygen atoms in total. The lowest BCUT2D eigenvalue weighted by Crippen LogP contribution is -2.39. The molecule has 0 spiro atoms. The van der Waals surface area contributed by atoms with Crippen LogP contribution in [-0.2, 0) is 9.53 Å². The Bertz CT molecular complexity index is 752.